The molecule has 0 aliphatic carbocycles. The van der Waals surface area contributed by atoms with Crippen LogP contribution in [-0.4, -0.2) is 48.8 Å². The molecule has 1 aromatic heterocycles. The van der Waals surface area contributed by atoms with E-state index in [1.54, 1.807) is 40.5 Å². The van der Waals surface area contributed by atoms with Crippen molar-refractivity contribution in [1.82, 2.24) is 9.88 Å². The molecule has 0 aliphatic heterocycles. The second-order valence-electron chi connectivity index (χ2n) is 7.67. The highest BCUT2D eigenvalue weighted by Crippen LogP contribution is 2.32. The number of anilines is 1. The Balaban J connectivity index is 1.96. The number of Topliss-reactive ketones (excluding diaryl/α,β-unsaturated/α-hetero) is 1. The quantitative estimate of drug-likeness (QED) is 0.530. The molecule has 0 bridgehead atoms. The van der Waals surface area contributed by atoms with Gasteiger partial charge in [-0.05, 0) is 77.2 Å². The predicted molar refractivity (Wildman–Crippen MR) is 120 cm³/mol. The van der Waals surface area contributed by atoms with Crippen LogP contribution in [0.15, 0.2) is 36.4 Å². The van der Waals surface area contributed by atoms with E-state index in [-0.39, 0.29) is 11.7 Å². The van der Waals surface area contributed by atoms with Crippen LogP contribution < -0.4 is 4.90 Å². The summed E-state index contributed by atoms with van der Waals surface area (Å²) < 4.78 is 1.09. The summed E-state index contributed by atoms with van der Waals surface area (Å²) in [4.78, 5) is 33.5. The van der Waals surface area contributed by atoms with Crippen molar-refractivity contribution >= 4 is 38.4 Å². The molecule has 0 saturated heterocycles. The third-order valence-electron chi connectivity index (χ3n) is 4.82. The number of nitrogens with zero attached hydrogens (tertiary/aromatic N) is 3. The number of ketones is 1. The van der Waals surface area contributed by atoms with E-state index >= 15 is 0 Å². The Labute approximate surface area is 176 Å². The number of hydrogen-bond donors (Lipinski definition) is 0. The van der Waals surface area contributed by atoms with Crippen LogP contribution in [-0.2, 0) is 0 Å². The van der Waals surface area contributed by atoms with Crippen molar-refractivity contribution in [2.75, 3.05) is 32.1 Å². The maximum Gasteiger partial charge on any atom is 0.260 e. The summed E-state index contributed by atoms with van der Waals surface area (Å²) >= 11 is 1.55. The van der Waals surface area contributed by atoms with Gasteiger partial charge in [-0.2, -0.15) is 0 Å². The lowest BCUT2D eigenvalue weighted by molar-refractivity contribution is 0.0981. The van der Waals surface area contributed by atoms with Crippen molar-refractivity contribution in [2.24, 2.45) is 0 Å². The van der Waals surface area contributed by atoms with E-state index in [9.17, 15) is 9.59 Å². The van der Waals surface area contributed by atoms with Gasteiger partial charge in [0.05, 0.1) is 10.2 Å². The zero-order chi connectivity index (χ0) is 21.1. The van der Waals surface area contributed by atoms with Gasteiger partial charge >= 0.3 is 0 Å². The van der Waals surface area contributed by atoms with Gasteiger partial charge in [-0.1, -0.05) is 29.5 Å². The number of carbonyl (C=O) groups excluding carboxylic acids is 2. The monoisotopic (exact) mass is 409 g/mol. The summed E-state index contributed by atoms with van der Waals surface area (Å²) in [5.74, 6) is -0.101. The second-order valence-corrected chi connectivity index (χ2v) is 8.68. The van der Waals surface area contributed by atoms with Gasteiger partial charge < -0.3 is 4.90 Å². The first-order valence-electron chi connectivity index (χ1n) is 9.71. The fourth-order valence-electron chi connectivity index (χ4n) is 3.31. The van der Waals surface area contributed by atoms with Crippen LogP contribution in [0.4, 0.5) is 5.13 Å². The van der Waals surface area contributed by atoms with Crippen LogP contribution in [0.1, 0.15) is 45.2 Å². The van der Waals surface area contributed by atoms with Gasteiger partial charge in [0.2, 0.25) is 0 Å². The first kappa shape index (κ1) is 21.1. The highest BCUT2D eigenvalue weighted by molar-refractivity contribution is 7.22. The van der Waals surface area contributed by atoms with E-state index in [0.717, 1.165) is 28.7 Å². The van der Waals surface area contributed by atoms with Gasteiger partial charge in [-0.3, -0.25) is 14.5 Å². The molecule has 3 aromatic rings. The summed E-state index contributed by atoms with van der Waals surface area (Å²) in [5, 5.41) is 0.716. The van der Waals surface area contributed by atoms with Crippen LogP contribution in [0.3, 0.4) is 0 Å². The molecule has 0 spiro atoms. The molecule has 1 amide bonds. The van der Waals surface area contributed by atoms with E-state index < -0.39 is 0 Å². The lowest BCUT2D eigenvalue weighted by atomic mass is 10.1. The number of aromatic nitrogens is 1. The summed E-state index contributed by atoms with van der Waals surface area (Å²) in [6.07, 6.45) is 0.845. The molecule has 3 rings (SSSR count). The Bertz CT molecular complexity index is 1040. The average molecular weight is 410 g/mol. The Morgan fingerprint density at radius 2 is 1.66 bits per heavy atom. The van der Waals surface area contributed by atoms with Crippen molar-refractivity contribution in [3.05, 3.63) is 58.7 Å². The Morgan fingerprint density at radius 3 is 2.28 bits per heavy atom. The molecule has 0 saturated carbocycles. The Morgan fingerprint density at radius 1 is 1.00 bits per heavy atom. The number of fused-ring (bicyclic) bond motifs is 1. The Hall–Kier alpha value is -2.57. The zero-order valence-corrected chi connectivity index (χ0v) is 18.5. The van der Waals surface area contributed by atoms with Gasteiger partial charge in [0.15, 0.2) is 10.9 Å². The molecule has 0 fully saturated rings. The molecule has 152 valence electrons. The molecule has 0 unspecified atom stereocenters. The molecule has 5 nitrogen and oxygen atoms in total. The first-order chi connectivity index (χ1) is 13.8. The minimum absolute atomic E-state index is 0.0103. The molecule has 0 radical (unpaired) electrons. The summed E-state index contributed by atoms with van der Waals surface area (Å²) in [7, 11) is 4.05. The smallest absolute Gasteiger partial charge is 0.260 e. The maximum absolute atomic E-state index is 13.3. The van der Waals surface area contributed by atoms with Gasteiger partial charge in [0, 0.05) is 17.7 Å². The van der Waals surface area contributed by atoms with Crippen LogP contribution in [0.5, 0.6) is 0 Å². The highest BCUT2D eigenvalue weighted by Gasteiger charge is 2.22. The number of amides is 1. The summed E-state index contributed by atoms with van der Waals surface area (Å²) in [6, 6.07) is 11.1. The van der Waals surface area contributed by atoms with E-state index in [2.05, 4.69) is 30.9 Å². The fraction of sp³-hybridized carbons (Fsp3) is 0.348. The molecule has 6 heteroatoms. The number of aryl methyl sites for hydroxylation is 2. The largest absolute Gasteiger partial charge is 0.309 e. The van der Waals surface area contributed by atoms with E-state index in [1.165, 1.54) is 12.5 Å². The predicted octanol–water partition coefficient (Wildman–Crippen LogP) is 4.71. The number of benzene rings is 2. The van der Waals surface area contributed by atoms with Crippen LogP contribution >= 0.6 is 11.3 Å². The van der Waals surface area contributed by atoms with Gasteiger partial charge in [0.25, 0.3) is 5.91 Å². The van der Waals surface area contributed by atoms with E-state index in [1.807, 2.05) is 14.1 Å². The minimum Gasteiger partial charge on any atom is -0.309 e. The highest BCUT2D eigenvalue weighted by atomic mass is 32.1. The lowest BCUT2D eigenvalue weighted by Gasteiger charge is -2.21. The van der Waals surface area contributed by atoms with Crippen molar-refractivity contribution in [3.63, 3.8) is 0 Å². The summed E-state index contributed by atoms with van der Waals surface area (Å²) in [6.45, 7) is 7.12. The molecule has 0 N–H and O–H groups in total. The first-order valence-corrected chi connectivity index (χ1v) is 10.5. The van der Waals surface area contributed by atoms with Crippen LogP contribution in [0, 0.1) is 13.8 Å². The average Bonchev–Trinajstić information content (AvgIpc) is 3.08. The zero-order valence-electron chi connectivity index (χ0n) is 17.7. The number of thiazole rings is 1. The van der Waals surface area contributed by atoms with E-state index in [0.29, 0.717) is 22.8 Å². The van der Waals surface area contributed by atoms with Crippen molar-refractivity contribution in [1.29, 1.82) is 0 Å². The molecule has 2 aromatic carbocycles. The third-order valence-corrected chi connectivity index (χ3v) is 5.85. The SMILES string of the molecule is CC(=O)c1ccc(C(=O)N(CCCN(C)C)c2nc3c(C)cc(C)cc3s2)cc1. The standard InChI is InChI=1S/C23H27N3O2S/c1-15-13-16(2)21-20(14-15)29-23(24-21)26(12-6-11-25(4)5)22(28)19-9-7-18(8-10-19)17(3)27/h7-10,13-14H,6,11-12H2,1-5H3. The topological polar surface area (TPSA) is 53.5 Å². The normalized spacial score (nSPS) is 11.2. The number of hydrogen-bond acceptors (Lipinski definition) is 5. The van der Waals surface area contributed by atoms with Crippen LogP contribution in [0.2, 0.25) is 0 Å². The van der Waals surface area contributed by atoms with Gasteiger partial charge in [-0.25, -0.2) is 4.98 Å². The fourth-order valence-corrected chi connectivity index (χ4v) is 4.47. The molecule has 1 heterocycles. The van der Waals surface area contributed by atoms with Crippen molar-refractivity contribution in [3.8, 4) is 0 Å². The van der Waals surface area contributed by atoms with Gasteiger partial charge in [0.1, 0.15) is 0 Å². The third kappa shape index (κ3) is 4.89. The van der Waals surface area contributed by atoms with Gasteiger partial charge in [-0.15, -0.1) is 0 Å². The number of rotatable bonds is 7. The molecule has 0 aliphatic rings. The lowest BCUT2D eigenvalue weighted by Crippen LogP contribution is -2.33. The van der Waals surface area contributed by atoms with Crippen LogP contribution in [0.25, 0.3) is 10.2 Å². The molecular formula is C23H27N3O2S. The second kappa shape index (κ2) is 8.84. The Kier molecular flexibility index (Phi) is 6.45. The van der Waals surface area contributed by atoms with Crippen molar-refractivity contribution in [2.45, 2.75) is 27.2 Å². The minimum atomic E-state index is -0.0905. The molecule has 0 atom stereocenters. The number of carbonyl (C=O) groups is 2. The maximum atomic E-state index is 13.3. The van der Waals surface area contributed by atoms with E-state index in [4.69, 9.17) is 4.98 Å². The van der Waals surface area contributed by atoms with Crippen molar-refractivity contribution < 1.29 is 9.59 Å². The molecular weight excluding hydrogens is 382 g/mol. The summed E-state index contributed by atoms with van der Waals surface area (Å²) in [5.41, 5.74) is 4.43. The molecule has 29 heavy (non-hydrogen) atoms.